The predicted molar refractivity (Wildman–Crippen MR) is 70.0 cm³/mol. The summed E-state index contributed by atoms with van der Waals surface area (Å²) in [5.41, 5.74) is 1.51. The molecule has 0 aliphatic carbocycles. The number of benzene rings is 1. The molecule has 1 atom stereocenters. The van der Waals surface area contributed by atoms with E-state index in [1.807, 2.05) is 42.5 Å². The molecule has 3 aromatic rings. The molecular weight excluding hydrogens is 224 g/mol. The summed E-state index contributed by atoms with van der Waals surface area (Å²) in [7, 11) is 0. The van der Waals surface area contributed by atoms with Crippen LogP contribution in [0.2, 0.25) is 0 Å². The summed E-state index contributed by atoms with van der Waals surface area (Å²) in [5, 5.41) is 12.4. The summed E-state index contributed by atoms with van der Waals surface area (Å²) in [5.74, 6) is 0. The van der Waals surface area contributed by atoms with Crippen molar-refractivity contribution in [1.29, 1.82) is 0 Å². The van der Waals surface area contributed by atoms with Crippen LogP contribution in [-0.4, -0.2) is 15.1 Å². The number of aromatic nitrogens is 2. The van der Waals surface area contributed by atoms with Crippen LogP contribution >= 0.6 is 0 Å². The van der Waals surface area contributed by atoms with E-state index in [1.54, 1.807) is 18.6 Å². The van der Waals surface area contributed by atoms with Gasteiger partial charge in [0.25, 0.3) is 0 Å². The lowest BCUT2D eigenvalue weighted by atomic mass is 10.00. The zero-order valence-corrected chi connectivity index (χ0v) is 9.69. The average Bonchev–Trinajstić information content (AvgIpc) is 2.47. The smallest absolute Gasteiger partial charge is 0.122 e. The van der Waals surface area contributed by atoms with E-state index >= 15 is 0 Å². The minimum absolute atomic E-state index is 0.654. The molecule has 3 rings (SSSR count). The Bertz CT molecular complexity index is 662. The van der Waals surface area contributed by atoms with Crippen molar-refractivity contribution < 1.29 is 5.11 Å². The first-order valence-electron chi connectivity index (χ1n) is 5.78. The van der Waals surface area contributed by atoms with Crippen molar-refractivity contribution in [1.82, 2.24) is 9.97 Å². The van der Waals surface area contributed by atoms with Gasteiger partial charge in [0.15, 0.2) is 0 Å². The standard InChI is InChI=1S/C15H12N2O/c18-15(14-6-1-2-8-17-14)13-5-3-4-11-10-16-9-7-12(11)13/h1-10,15,18H. The van der Waals surface area contributed by atoms with Crippen molar-refractivity contribution in [3.63, 3.8) is 0 Å². The monoisotopic (exact) mass is 236 g/mol. The Labute approximate surface area is 105 Å². The van der Waals surface area contributed by atoms with E-state index < -0.39 is 6.10 Å². The molecule has 88 valence electrons. The van der Waals surface area contributed by atoms with Gasteiger partial charge in [0.1, 0.15) is 6.10 Å². The maximum atomic E-state index is 10.4. The summed E-state index contributed by atoms with van der Waals surface area (Å²) in [6.07, 6.45) is 4.50. The van der Waals surface area contributed by atoms with Crippen LogP contribution in [0.5, 0.6) is 0 Å². The molecule has 0 fully saturated rings. The molecule has 1 aromatic carbocycles. The van der Waals surface area contributed by atoms with Crippen molar-refractivity contribution in [3.8, 4) is 0 Å². The number of aliphatic hydroxyl groups excluding tert-OH is 1. The molecule has 0 amide bonds. The van der Waals surface area contributed by atoms with Crippen molar-refractivity contribution in [2.45, 2.75) is 6.10 Å². The largest absolute Gasteiger partial charge is 0.382 e. The van der Waals surface area contributed by atoms with E-state index in [1.165, 1.54) is 0 Å². The predicted octanol–water partition coefficient (Wildman–Crippen LogP) is 2.71. The first kappa shape index (κ1) is 10.9. The van der Waals surface area contributed by atoms with Crippen LogP contribution in [0, 0.1) is 0 Å². The lowest BCUT2D eigenvalue weighted by Crippen LogP contribution is -2.02. The molecule has 3 nitrogen and oxygen atoms in total. The fourth-order valence-electron chi connectivity index (χ4n) is 2.08. The van der Waals surface area contributed by atoms with E-state index in [9.17, 15) is 5.11 Å². The molecule has 0 bridgehead atoms. The number of aliphatic hydroxyl groups is 1. The Balaban J connectivity index is 2.15. The number of fused-ring (bicyclic) bond motifs is 1. The van der Waals surface area contributed by atoms with Gasteiger partial charge in [-0.1, -0.05) is 24.3 Å². The van der Waals surface area contributed by atoms with Crippen LogP contribution in [0.1, 0.15) is 17.4 Å². The first-order chi connectivity index (χ1) is 8.86. The molecule has 0 aliphatic heterocycles. The Hall–Kier alpha value is -2.26. The van der Waals surface area contributed by atoms with E-state index in [0.717, 1.165) is 16.3 Å². The van der Waals surface area contributed by atoms with E-state index in [0.29, 0.717) is 5.69 Å². The topological polar surface area (TPSA) is 46.0 Å². The zero-order chi connectivity index (χ0) is 12.4. The van der Waals surface area contributed by atoms with Gasteiger partial charge in [-0.2, -0.15) is 0 Å². The zero-order valence-electron chi connectivity index (χ0n) is 9.69. The SMILES string of the molecule is OC(c1ccccn1)c1cccc2cnccc12. The van der Waals surface area contributed by atoms with Crippen LogP contribution in [0.25, 0.3) is 10.8 Å². The fraction of sp³-hybridized carbons (Fsp3) is 0.0667. The number of hydrogen-bond donors (Lipinski definition) is 1. The molecule has 0 saturated heterocycles. The Kier molecular flexibility index (Phi) is 2.74. The van der Waals surface area contributed by atoms with Gasteiger partial charge in [0, 0.05) is 24.0 Å². The minimum Gasteiger partial charge on any atom is -0.382 e. The molecule has 0 spiro atoms. The van der Waals surface area contributed by atoms with Gasteiger partial charge in [0.05, 0.1) is 5.69 Å². The lowest BCUT2D eigenvalue weighted by molar-refractivity contribution is 0.217. The van der Waals surface area contributed by atoms with Gasteiger partial charge in [-0.05, 0) is 29.1 Å². The molecule has 2 heterocycles. The lowest BCUT2D eigenvalue weighted by Gasteiger charge is -2.12. The quantitative estimate of drug-likeness (QED) is 0.744. The molecule has 0 aliphatic rings. The molecule has 2 aromatic heterocycles. The average molecular weight is 236 g/mol. The second kappa shape index (κ2) is 4.55. The first-order valence-corrected chi connectivity index (χ1v) is 5.78. The normalized spacial score (nSPS) is 12.5. The molecule has 1 unspecified atom stereocenters. The third-order valence-corrected chi connectivity index (χ3v) is 2.98. The molecular formula is C15H12N2O. The van der Waals surface area contributed by atoms with Crippen molar-refractivity contribution >= 4 is 10.8 Å². The Morgan fingerprint density at radius 2 is 1.89 bits per heavy atom. The van der Waals surface area contributed by atoms with Crippen LogP contribution in [-0.2, 0) is 0 Å². The summed E-state index contributed by atoms with van der Waals surface area (Å²) in [4.78, 5) is 8.29. The number of rotatable bonds is 2. The molecule has 0 saturated carbocycles. The third kappa shape index (κ3) is 1.85. The highest BCUT2D eigenvalue weighted by Gasteiger charge is 2.13. The van der Waals surface area contributed by atoms with Crippen LogP contribution in [0.4, 0.5) is 0 Å². The summed E-state index contributed by atoms with van der Waals surface area (Å²) < 4.78 is 0. The second-order valence-electron chi connectivity index (χ2n) is 4.10. The van der Waals surface area contributed by atoms with Crippen LogP contribution < -0.4 is 0 Å². The van der Waals surface area contributed by atoms with Gasteiger partial charge < -0.3 is 5.11 Å². The maximum Gasteiger partial charge on any atom is 0.122 e. The van der Waals surface area contributed by atoms with E-state index in [-0.39, 0.29) is 0 Å². The van der Waals surface area contributed by atoms with Gasteiger partial charge >= 0.3 is 0 Å². The second-order valence-corrected chi connectivity index (χ2v) is 4.10. The van der Waals surface area contributed by atoms with Crippen molar-refractivity contribution in [3.05, 3.63) is 72.3 Å². The summed E-state index contributed by atoms with van der Waals surface area (Å²) in [6, 6.07) is 13.3. The number of hydrogen-bond acceptors (Lipinski definition) is 3. The molecule has 0 radical (unpaired) electrons. The number of nitrogens with zero attached hydrogens (tertiary/aromatic N) is 2. The fourth-order valence-corrected chi connectivity index (χ4v) is 2.08. The number of pyridine rings is 2. The van der Waals surface area contributed by atoms with E-state index in [4.69, 9.17) is 0 Å². The van der Waals surface area contributed by atoms with Gasteiger partial charge in [-0.3, -0.25) is 9.97 Å². The highest BCUT2D eigenvalue weighted by Crippen LogP contribution is 2.27. The van der Waals surface area contributed by atoms with Crippen molar-refractivity contribution in [2.24, 2.45) is 0 Å². The Morgan fingerprint density at radius 1 is 0.944 bits per heavy atom. The molecule has 3 heteroatoms. The third-order valence-electron chi connectivity index (χ3n) is 2.98. The van der Waals surface area contributed by atoms with Gasteiger partial charge in [-0.25, -0.2) is 0 Å². The maximum absolute atomic E-state index is 10.4. The highest BCUT2D eigenvalue weighted by molar-refractivity contribution is 5.85. The highest BCUT2D eigenvalue weighted by atomic mass is 16.3. The summed E-state index contributed by atoms with van der Waals surface area (Å²) in [6.45, 7) is 0. The van der Waals surface area contributed by atoms with Gasteiger partial charge in [-0.15, -0.1) is 0 Å². The molecule has 1 N–H and O–H groups in total. The van der Waals surface area contributed by atoms with Crippen LogP contribution in [0.3, 0.4) is 0 Å². The minimum atomic E-state index is -0.711. The van der Waals surface area contributed by atoms with Gasteiger partial charge in [0.2, 0.25) is 0 Å². The summed E-state index contributed by atoms with van der Waals surface area (Å²) >= 11 is 0. The van der Waals surface area contributed by atoms with Crippen LogP contribution in [0.15, 0.2) is 61.1 Å². The van der Waals surface area contributed by atoms with Crippen molar-refractivity contribution in [2.75, 3.05) is 0 Å². The molecule has 18 heavy (non-hydrogen) atoms. The van der Waals surface area contributed by atoms with E-state index in [2.05, 4.69) is 9.97 Å². The Morgan fingerprint density at radius 3 is 2.72 bits per heavy atom.